The van der Waals surface area contributed by atoms with Crippen LogP contribution >= 0.6 is 0 Å². The number of sulfone groups is 1. The lowest BCUT2D eigenvalue weighted by Gasteiger charge is -2.07. The van der Waals surface area contributed by atoms with E-state index in [9.17, 15) is 17.6 Å². The van der Waals surface area contributed by atoms with Crippen molar-refractivity contribution in [1.29, 1.82) is 0 Å². The maximum absolute atomic E-state index is 14.1. The third kappa shape index (κ3) is 2.83. The van der Waals surface area contributed by atoms with Gasteiger partial charge in [-0.15, -0.1) is 0 Å². The topological polar surface area (TPSA) is 69.3 Å². The van der Waals surface area contributed by atoms with E-state index < -0.39 is 26.3 Å². The fraction of sp³-hybridized carbons (Fsp3) is 0.0625. The van der Waals surface area contributed by atoms with Gasteiger partial charge in [-0.3, -0.25) is 0 Å². The minimum absolute atomic E-state index is 0.333. The molecular formula is C16H12FNO4S. The van der Waals surface area contributed by atoms with Crippen molar-refractivity contribution in [2.45, 2.75) is 4.90 Å². The van der Waals surface area contributed by atoms with Gasteiger partial charge in [0.2, 0.25) is 0 Å². The number of hydrogen-bond donors (Lipinski definition) is 0. The molecule has 0 radical (unpaired) electrons. The van der Waals surface area contributed by atoms with Crippen molar-refractivity contribution < 1.29 is 17.2 Å². The molecule has 0 aliphatic rings. The summed E-state index contributed by atoms with van der Waals surface area (Å²) in [5.74, 6) is -1.49. The first-order valence-electron chi connectivity index (χ1n) is 6.64. The van der Waals surface area contributed by atoms with Crippen LogP contribution in [-0.4, -0.2) is 19.2 Å². The quantitative estimate of drug-likeness (QED) is 0.739. The zero-order valence-electron chi connectivity index (χ0n) is 12.1. The zero-order valence-corrected chi connectivity index (χ0v) is 12.9. The molecule has 3 rings (SSSR count). The number of hydrogen-bond acceptors (Lipinski definition) is 4. The molecule has 0 saturated heterocycles. The van der Waals surface area contributed by atoms with Crippen molar-refractivity contribution >= 4 is 9.84 Å². The number of rotatable bonds is 3. The van der Waals surface area contributed by atoms with Crippen LogP contribution in [0.2, 0.25) is 0 Å². The Morgan fingerprint density at radius 2 is 1.78 bits per heavy atom. The molecule has 0 N–H and O–H groups in total. The molecule has 118 valence electrons. The highest BCUT2D eigenvalue weighted by Crippen LogP contribution is 2.25. The summed E-state index contributed by atoms with van der Waals surface area (Å²) in [5, 5.41) is 0. The second-order valence-corrected chi connectivity index (χ2v) is 6.96. The summed E-state index contributed by atoms with van der Waals surface area (Å²) in [7, 11) is -3.66. The second kappa shape index (κ2) is 5.51. The van der Waals surface area contributed by atoms with Gasteiger partial charge < -0.3 is 4.42 Å². The maximum atomic E-state index is 14.1. The van der Waals surface area contributed by atoms with Crippen LogP contribution in [0.25, 0.3) is 16.9 Å². The van der Waals surface area contributed by atoms with Crippen LogP contribution < -0.4 is 5.76 Å². The van der Waals surface area contributed by atoms with Crippen LogP contribution in [0, 0.1) is 5.82 Å². The summed E-state index contributed by atoms with van der Waals surface area (Å²) in [6, 6.07) is 12.4. The lowest BCUT2D eigenvalue weighted by atomic mass is 10.1. The predicted octanol–water partition coefficient (Wildman–Crippen LogP) is 2.64. The van der Waals surface area contributed by atoms with Crippen molar-refractivity contribution in [2.24, 2.45) is 0 Å². The Hall–Kier alpha value is -2.67. The van der Waals surface area contributed by atoms with E-state index in [1.165, 1.54) is 23.0 Å². The number of halogens is 1. The van der Waals surface area contributed by atoms with E-state index in [0.717, 1.165) is 12.3 Å². The SMILES string of the molecule is CS(=O)(=O)c1ccc(-c2coc(=O)n2-c2ccccc2)cc1F. The molecule has 0 fully saturated rings. The number of para-hydroxylation sites is 1. The smallest absolute Gasteiger partial charge is 0.415 e. The molecule has 0 aliphatic carbocycles. The average Bonchev–Trinajstić information content (AvgIpc) is 2.88. The highest BCUT2D eigenvalue weighted by Gasteiger charge is 2.17. The van der Waals surface area contributed by atoms with Gasteiger partial charge in [-0.25, -0.2) is 22.2 Å². The first-order chi connectivity index (χ1) is 10.9. The largest absolute Gasteiger partial charge is 0.424 e. The third-order valence-electron chi connectivity index (χ3n) is 3.34. The highest BCUT2D eigenvalue weighted by molar-refractivity contribution is 7.90. The summed E-state index contributed by atoms with van der Waals surface area (Å²) in [5.41, 5.74) is 1.23. The van der Waals surface area contributed by atoms with Crippen LogP contribution in [0.5, 0.6) is 0 Å². The summed E-state index contributed by atoms with van der Waals surface area (Å²) < 4.78 is 43.2. The fourth-order valence-corrected chi connectivity index (χ4v) is 3.02. The first kappa shape index (κ1) is 15.2. The number of aromatic nitrogens is 1. The van der Waals surface area contributed by atoms with E-state index in [0.29, 0.717) is 16.9 Å². The Balaban J connectivity index is 2.18. The lowest BCUT2D eigenvalue weighted by Crippen LogP contribution is -2.13. The Kier molecular flexibility index (Phi) is 3.65. The first-order valence-corrected chi connectivity index (χ1v) is 8.53. The van der Waals surface area contributed by atoms with Crippen molar-refractivity contribution in [3.8, 4) is 16.9 Å². The molecule has 1 aromatic heterocycles. The second-order valence-electron chi connectivity index (χ2n) is 4.98. The molecule has 7 heteroatoms. The van der Waals surface area contributed by atoms with Crippen LogP contribution in [0.1, 0.15) is 0 Å². The molecule has 0 atom stereocenters. The Labute approximate surface area is 131 Å². The summed E-state index contributed by atoms with van der Waals surface area (Å²) in [6.45, 7) is 0. The minimum atomic E-state index is -3.66. The van der Waals surface area contributed by atoms with Gasteiger partial charge in [0.1, 0.15) is 17.0 Å². The normalized spacial score (nSPS) is 11.6. The zero-order chi connectivity index (χ0) is 16.6. The predicted molar refractivity (Wildman–Crippen MR) is 82.8 cm³/mol. The van der Waals surface area contributed by atoms with Gasteiger partial charge in [0, 0.05) is 11.8 Å². The van der Waals surface area contributed by atoms with Gasteiger partial charge in [-0.2, -0.15) is 0 Å². The molecule has 0 aliphatic heterocycles. The third-order valence-corrected chi connectivity index (χ3v) is 4.47. The number of oxazole rings is 1. The van der Waals surface area contributed by atoms with E-state index in [2.05, 4.69) is 0 Å². The summed E-state index contributed by atoms with van der Waals surface area (Å²) in [4.78, 5) is 11.5. The van der Waals surface area contributed by atoms with Crippen molar-refractivity contribution in [3.63, 3.8) is 0 Å². The van der Waals surface area contributed by atoms with Crippen LogP contribution in [0.3, 0.4) is 0 Å². The Morgan fingerprint density at radius 3 is 2.39 bits per heavy atom. The Bertz CT molecular complexity index is 1020. The van der Waals surface area contributed by atoms with Crippen molar-refractivity contribution in [1.82, 2.24) is 4.57 Å². The van der Waals surface area contributed by atoms with Gasteiger partial charge in [0.25, 0.3) is 0 Å². The average molecular weight is 333 g/mol. The molecule has 3 aromatic rings. The number of nitrogens with zero attached hydrogens (tertiary/aromatic N) is 1. The summed E-state index contributed by atoms with van der Waals surface area (Å²) in [6.07, 6.45) is 2.15. The molecule has 0 unspecified atom stereocenters. The van der Waals surface area contributed by atoms with Crippen LogP contribution in [0.15, 0.2) is 68.9 Å². The molecule has 23 heavy (non-hydrogen) atoms. The van der Waals surface area contributed by atoms with E-state index in [1.54, 1.807) is 30.3 Å². The van der Waals surface area contributed by atoms with Gasteiger partial charge in [0.05, 0.1) is 11.4 Å². The molecule has 5 nitrogen and oxygen atoms in total. The van der Waals surface area contributed by atoms with Crippen LogP contribution in [0.4, 0.5) is 4.39 Å². The summed E-state index contributed by atoms with van der Waals surface area (Å²) >= 11 is 0. The standard InChI is InChI=1S/C16H12FNO4S/c1-23(20,21)15-8-7-11(9-13(15)17)14-10-22-16(19)18(14)12-5-3-2-4-6-12/h2-10H,1H3. The molecule has 1 heterocycles. The number of benzene rings is 2. The van der Waals surface area contributed by atoms with Crippen molar-refractivity contribution in [2.75, 3.05) is 6.26 Å². The van der Waals surface area contributed by atoms with Crippen LogP contribution in [-0.2, 0) is 9.84 Å². The van der Waals surface area contributed by atoms with Gasteiger partial charge in [-0.05, 0) is 24.3 Å². The van der Waals surface area contributed by atoms with E-state index in [-0.39, 0.29) is 0 Å². The van der Waals surface area contributed by atoms with E-state index in [1.807, 2.05) is 0 Å². The van der Waals surface area contributed by atoms with E-state index >= 15 is 0 Å². The minimum Gasteiger partial charge on any atom is -0.415 e. The van der Waals surface area contributed by atoms with Gasteiger partial charge in [0.15, 0.2) is 9.84 Å². The monoisotopic (exact) mass is 333 g/mol. The fourth-order valence-electron chi connectivity index (χ4n) is 2.29. The molecule has 0 amide bonds. The molecule has 0 spiro atoms. The van der Waals surface area contributed by atoms with Crippen molar-refractivity contribution in [3.05, 3.63) is 71.2 Å². The van der Waals surface area contributed by atoms with Gasteiger partial charge >= 0.3 is 5.76 Å². The van der Waals surface area contributed by atoms with Gasteiger partial charge in [-0.1, -0.05) is 24.3 Å². The lowest BCUT2D eigenvalue weighted by molar-refractivity contribution is 0.504. The maximum Gasteiger partial charge on any atom is 0.424 e. The van der Waals surface area contributed by atoms with E-state index in [4.69, 9.17) is 4.42 Å². The highest BCUT2D eigenvalue weighted by atomic mass is 32.2. The Morgan fingerprint density at radius 1 is 1.09 bits per heavy atom. The molecular weight excluding hydrogens is 321 g/mol. The molecule has 0 bridgehead atoms. The molecule has 2 aromatic carbocycles. The molecule has 0 saturated carbocycles.